The van der Waals surface area contributed by atoms with Crippen molar-refractivity contribution in [2.45, 2.75) is 31.3 Å². The van der Waals surface area contributed by atoms with Gasteiger partial charge in [-0.15, -0.1) is 23.1 Å². The minimum atomic E-state index is -0.412. The van der Waals surface area contributed by atoms with Crippen LogP contribution < -0.4 is 20.1 Å². The quantitative estimate of drug-likeness (QED) is 0.133. The summed E-state index contributed by atoms with van der Waals surface area (Å²) in [5.74, 6) is -0.114. The van der Waals surface area contributed by atoms with Gasteiger partial charge in [0.15, 0.2) is 0 Å². The molecule has 45 heavy (non-hydrogen) atoms. The first-order valence-electron chi connectivity index (χ1n) is 14.5. The smallest absolute Gasteiger partial charge is 0.341 e. The van der Waals surface area contributed by atoms with Crippen LogP contribution in [0.2, 0.25) is 0 Å². The molecule has 0 saturated heterocycles. The van der Waals surface area contributed by atoms with Crippen LogP contribution in [0.3, 0.4) is 0 Å². The lowest BCUT2D eigenvalue weighted by molar-refractivity contribution is -0.113. The first-order valence-corrected chi connectivity index (χ1v) is 16.3. The van der Waals surface area contributed by atoms with Crippen molar-refractivity contribution in [2.75, 3.05) is 43.8 Å². The average molecular weight is 646 g/mol. The summed E-state index contributed by atoms with van der Waals surface area (Å²) in [7, 11) is 2.99. The molecular weight excluding hydrogens is 611 g/mol. The van der Waals surface area contributed by atoms with E-state index in [1.807, 2.05) is 30.3 Å². The topological polar surface area (TPSA) is 106 Å². The molecule has 1 aliphatic heterocycles. The standard InChI is InChI=1S/C34H35N3O6S2/c1-4-43-34(40)30-25-16-17-37(19-22-10-6-5-7-11-22)20-28(25)45-33(30)36-29(38)21-44-24-13-8-12-23(18-24)35-32(39)31-26(41-2)14-9-15-27(31)42-3/h5-15,18H,4,16-17,19-21H2,1-3H3,(H,35,39)(H,36,38). The second kappa shape index (κ2) is 15.1. The van der Waals surface area contributed by atoms with E-state index in [1.165, 1.54) is 42.9 Å². The van der Waals surface area contributed by atoms with Gasteiger partial charge < -0.3 is 24.8 Å². The molecule has 0 bridgehead atoms. The van der Waals surface area contributed by atoms with E-state index >= 15 is 0 Å². The van der Waals surface area contributed by atoms with Crippen LogP contribution >= 0.6 is 23.1 Å². The van der Waals surface area contributed by atoms with E-state index in [4.69, 9.17) is 14.2 Å². The third-order valence-electron chi connectivity index (χ3n) is 7.23. The highest BCUT2D eigenvalue weighted by Gasteiger charge is 2.29. The highest BCUT2D eigenvalue weighted by atomic mass is 32.2. The van der Waals surface area contributed by atoms with Crippen molar-refractivity contribution in [3.05, 3.63) is 99.9 Å². The molecule has 2 amide bonds. The van der Waals surface area contributed by atoms with E-state index in [9.17, 15) is 14.4 Å². The number of nitrogens with one attached hydrogen (secondary N) is 2. The number of esters is 1. The van der Waals surface area contributed by atoms with Gasteiger partial charge in [0, 0.05) is 35.1 Å². The first kappa shape index (κ1) is 32.1. The van der Waals surface area contributed by atoms with E-state index in [1.54, 1.807) is 37.3 Å². The van der Waals surface area contributed by atoms with Crippen LogP contribution in [-0.4, -0.2) is 55.8 Å². The zero-order chi connectivity index (χ0) is 31.8. The number of nitrogens with zero attached hydrogens (tertiary/aromatic N) is 1. The zero-order valence-electron chi connectivity index (χ0n) is 25.4. The molecule has 4 aromatic rings. The number of fused-ring (bicyclic) bond motifs is 1. The fraction of sp³-hybridized carbons (Fsp3) is 0.265. The van der Waals surface area contributed by atoms with E-state index < -0.39 is 5.97 Å². The summed E-state index contributed by atoms with van der Waals surface area (Å²) in [6.07, 6.45) is 0.705. The summed E-state index contributed by atoms with van der Waals surface area (Å²) in [6.45, 7) is 4.35. The Bertz CT molecular complexity index is 1650. The molecular formula is C34H35N3O6S2. The van der Waals surface area contributed by atoms with Gasteiger partial charge in [-0.3, -0.25) is 14.5 Å². The van der Waals surface area contributed by atoms with Crippen LogP contribution in [0.15, 0.2) is 77.7 Å². The number of benzene rings is 3. The molecule has 0 aliphatic carbocycles. The summed E-state index contributed by atoms with van der Waals surface area (Å²) in [5, 5.41) is 6.39. The van der Waals surface area contributed by atoms with Gasteiger partial charge in [-0.25, -0.2) is 4.79 Å². The summed E-state index contributed by atoms with van der Waals surface area (Å²) >= 11 is 2.77. The lowest BCUT2D eigenvalue weighted by atomic mass is 10.0. The number of anilines is 2. The predicted octanol–water partition coefficient (Wildman–Crippen LogP) is 6.48. The van der Waals surface area contributed by atoms with Gasteiger partial charge in [-0.05, 0) is 54.8 Å². The summed E-state index contributed by atoms with van der Waals surface area (Å²) < 4.78 is 16.1. The third kappa shape index (κ3) is 7.86. The number of hydrogen-bond acceptors (Lipinski definition) is 9. The van der Waals surface area contributed by atoms with Crippen LogP contribution in [0.5, 0.6) is 11.5 Å². The molecule has 11 heteroatoms. The Morgan fingerprint density at radius 3 is 2.36 bits per heavy atom. The monoisotopic (exact) mass is 645 g/mol. The zero-order valence-corrected chi connectivity index (χ0v) is 27.0. The Labute approximate surface area is 270 Å². The summed E-state index contributed by atoms with van der Waals surface area (Å²) in [6, 6.07) is 22.7. The van der Waals surface area contributed by atoms with Crippen LogP contribution in [0.1, 0.15) is 43.6 Å². The number of methoxy groups -OCH3 is 2. The van der Waals surface area contributed by atoms with Crippen LogP contribution in [0.4, 0.5) is 10.7 Å². The number of thioether (sulfide) groups is 1. The lowest BCUT2D eigenvalue weighted by Crippen LogP contribution is -2.30. The molecule has 1 aromatic heterocycles. The van der Waals surface area contributed by atoms with Crippen molar-refractivity contribution in [1.29, 1.82) is 0 Å². The number of ether oxygens (including phenoxy) is 3. The molecule has 0 unspecified atom stereocenters. The van der Waals surface area contributed by atoms with Crippen molar-refractivity contribution >= 4 is 51.6 Å². The van der Waals surface area contributed by atoms with E-state index in [0.29, 0.717) is 46.3 Å². The largest absolute Gasteiger partial charge is 0.496 e. The Morgan fingerprint density at radius 2 is 1.64 bits per heavy atom. The van der Waals surface area contributed by atoms with Crippen molar-refractivity contribution in [2.24, 2.45) is 0 Å². The van der Waals surface area contributed by atoms with E-state index in [2.05, 4.69) is 27.7 Å². The molecule has 0 saturated carbocycles. The SMILES string of the molecule is CCOC(=O)c1c(NC(=O)CSc2cccc(NC(=O)c3c(OC)cccc3OC)c2)sc2c1CCN(Cc1ccccc1)C2. The molecule has 1 aliphatic rings. The van der Waals surface area contributed by atoms with Gasteiger partial charge in [0.25, 0.3) is 5.91 Å². The number of hydrogen-bond donors (Lipinski definition) is 2. The van der Waals surface area contributed by atoms with Gasteiger partial charge >= 0.3 is 5.97 Å². The van der Waals surface area contributed by atoms with Crippen LogP contribution in [0, 0.1) is 0 Å². The second-order valence-electron chi connectivity index (χ2n) is 10.2. The van der Waals surface area contributed by atoms with Crippen molar-refractivity contribution < 1.29 is 28.6 Å². The Kier molecular flexibility index (Phi) is 10.8. The fourth-order valence-corrected chi connectivity index (χ4v) is 7.23. The van der Waals surface area contributed by atoms with Gasteiger partial charge in [0.2, 0.25) is 5.91 Å². The fourth-order valence-electron chi connectivity index (χ4n) is 5.18. The number of carbonyl (C=O) groups is 3. The minimum absolute atomic E-state index is 0.114. The Morgan fingerprint density at radius 1 is 0.911 bits per heavy atom. The Balaban J connectivity index is 1.25. The van der Waals surface area contributed by atoms with Gasteiger partial charge in [0.05, 0.1) is 32.1 Å². The maximum Gasteiger partial charge on any atom is 0.341 e. The maximum absolute atomic E-state index is 13.1. The summed E-state index contributed by atoms with van der Waals surface area (Å²) in [4.78, 5) is 43.5. The predicted molar refractivity (Wildman–Crippen MR) is 178 cm³/mol. The molecule has 0 spiro atoms. The van der Waals surface area contributed by atoms with Gasteiger partial charge in [0.1, 0.15) is 22.1 Å². The second-order valence-corrected chi connectivity index (χ2v) is 12.4. The third-order valence-corrected chi connectivity index (χ3v) is 9.36. The molecule has 2 heterocycles. The van der Waals surface area contributed by atoms with Crippen LogP contribution in [0.25, 0.3) is 0 Å². The number of carbonyl (C=O) groups excluding carboxylic acids is 3. The highest BCUT2D eigenvalue weighted by molar-refractivity contribution is 8.00. The number of amides is 2. The maximum atomic E-state index is 13.1. The molecule has 9 nitrogen and oxygen atoms in total. The molecule has 5 rings (SSSR count). The molecule has 0 fully saturated rings. The summed E-state index contributed by atoms with van der Waals surface area (Å²) in [5.41, 5.74) is 3.51. The number of rotatable bonds is 12. The molecule has 234 valence electrons. The molecule has 3 aromatic carbocycles. The molecule has 2 N–H and O–H groups in total. The molecule has 0 radical (unpaired) electrons. The minimum Gasteiger partial charge on any atom is -0.496 e. The van der Waals surface area contributed by atoms with Gasteiger partial charge in [-0.2, -0.15) is 0 Å². The van der Waals surface area contributed by atoms with Crippen molar-refractivity contribution in [1.82, 2.24) is 4.90 Å². The lowest BCUT2D eigenvalue weighted by Gasteiger charge is -2.27. The van der Waals surface area contributed by atoms with Gasteiger partial charge in [-0.1, -0.05) is 42.5 Å². The van der Waals surface area contributed by atoms with Crippen molar-refractivity contribution in [3.8, 4) is 11.5 Å². The van der Waals surface area contributed by atoms with E-state index in [-0.39, 0.29) is 24.2 Å². The van der Waals surface area contributed by atoms with Crippen LogP contribution in [-0.2, 0) is 29.0 Å². The first-order chi connectivity index (χ1) is 21.9. The molecule has 0 atom stereocenters. The van der Waals surface area contributed by atoms with E-state index in [0.717, 1.165) is 28.4 Å². The van der Waals surface area contributed by atoms with Crippen molar-refractivity contribution in [3.63, 3.8) is 0 Å². The Hall–Kier alpha value is -4.32. The average Bonchev–Trinajstić information content (AvgIpc) is 3.41. The number of thiophene rings is 1. The normalized spacial score (nSPS) is 12.6. The highest BCUT2D eigenvalue weighted by Crippen LogP contribution is 2.38.